The maximum Gasteiger partial charge on any atom is 0.501 e. The van der Waals surface area contributed by atoms with E-state index in [9.17, 15) is 38.4 Å². The van der Waals surface area contributed by atoms with Gasteiger partial charge in [0.15, 0.2) is 5.79 Å². The van der Waals surface area contributed by atoms with Gasteiger partial charge in [0.2, 0.25) is 0 Å². The lowest BCUT2D eigenvalue weighted by Gasteiger charge is -2.28. The Hall–Kier alpha value is -7.79. The molecule has 3 atom stereocenters. The van der Waals surface area contributed by atoms with E-state index in [1.165, 1.54) is 5.56 Å². The normalized spacial score (nSPS) is 12.3. The molecular weight excluding hydrogens is 1960 g/mol. The minimum absolute atomic E-state index is 0.00119. The second kappa shape index (κ2) is 80.1. The lowest BCUT2D eigenvalue weighted by atomic mass is 9.91. The first-order chi connectivity index (χ1) is 69.6. The molecule has 0 heterocycles. The van der Waals surface area contributed by atoms with E-state index in [0.717, 1.165) is 98.1 Å². The fraction of sp³-hybridized carbons (Fsp3) is 0.670. The Morgan fingerprint density at radius 3 is 0.723 bits per heavy atom. The van der Waals surface area contributed by atoms with Gasteiger partial charge in [0.1, 0.15) is 26.4 Å². The van der Waals surface area contributed by atoms with Crippen LogP contribution >= 0.6 is 0 Å². The number of carbonyl (C=O) groups is 8. The smallest absolute Gasteiger partial charge is 0.465 e. The quantitative estimate of drug-likeness (QED) is 0.0115. The summed E-state index contributed by atoms with van der Waals surface area (Å²) < 4.78 is 112. The number of rotatable bonds is 59. The highest BCUT2D eigenvalue weighted by Crippen LogP contribution is 2.32. The van der Waals surface area contributed by atoms with Crippen molar-refractivity contribution in [3.05, 3.63) is 179 Å². The molecule has 0 saturated carbocycles. The molecule has 29 nitrogen and oxygen atoms in total. The van der Waals surface area contributed by atoms with Gasteiger partial charge in [-0.1, -0.05) is 229 Å². The van der Waals surface area contributed by atoms with Crippen LogP contribution in [-0.2, 0) is 167 Å². The second-order valence-corrected chi connectivity index (χ2v) is 52.2. The van der Waals surface area contributed by atoms with E-state index in [2.05, 4.69) is 38.1 Å². The first-order valence-electron chi connectivity index (χ1n) is 52.6. The molecule has 5 aromatic carbocycles. The number of ether oxygens (including phenoxy) is 10. The van der Waals surface area contributed by atoms with Crippen LogP contribution in [0.2, 0.25) is 30.7 Å². The van der Waals surface area contributed by atoms with Gasteiger partial charge in [0.25, 0.3) is 0 Å². The van der Waals surface area contributed by atoms with Crippen molar-refractivity contribution in [1.82, 2.24) is 0 Å². The highest BCUT2D eigenvalue weighted by molar-refractivity contribution is 6.66. The van der Waals surface area contributed by atoms with E-state index in [0.29, 0.717) is 116 Å². The summed E-state index contributed by atoms with van der Waals surface area (Å²) in [6, 6.07) is 50.1. The molecule has 850 valence electrons. The number of hydrogen-bond donors (Lipinski definition) is 0. The SMILES string of the molecule is CCC(C)(C)C(=O)OCCC[Si](C)(OC)OC.CCC(C)(C)C(=O)OCCC[Si](OC)(OC)OC.CCC(C)(C)C(=O)OCc1ccccc1.CCC(C)(C)C(=O)OCc1ccccc1.CCC(C)(C)C(=O)OCc1ccccc1.CCC(C)C(=O)OCCC[Si](OC)(OC)OC.CCC(C)C(=O)OCc1ccccc1.CCC(C)c1ccc(C(C)(OC)OC)cc1.CCO[Si](CCCOC(=O)C(C)(C)CC)(OCC)OCC. The summed E-state index contributed by atoms with van der Waals surface area (Å²) in [6.45, 7) is 61.3. The molecule has 0 fully saturated rings. The van der Waals surface area contributed by atoms with Crippen molar-refractivity contribution in [1.29, 1.82) is 0 Å². The van der Waals surface area contributed by atoms with Gasteiger partial charge in [0.05, 0.1) is 70.8 Å². The van der Waals surface area contributed by atoms with E-state index in [-0.39, 0.29) is 81.3 Å². The zero-order chi connectivity index (χ0) is 114. The third-order valence-electron chi connectivity index (χ3n) is 26.3. The highest BCUT2D eigenvalue weighted by atomic mass is 28.4. The Morgan fingerprint density at radius 1 is 0.270 bits per heavy atom. The van der Waals surface area contributed by atoms with E-state index in [4.69, 9.17) is 96.1 Å². The van der Waals surface area contributed by atoms with Crippen LogP contribution in [0, 0.1) is 44.3 Å². The molecule has 5 aromatic rings. The van der Waals surface area contributed by atoms with Gasteiger partial charge < -0.3 is 96.1 Å². The van der Waals surface area contributed by atoms with Gasteiger partial charge in [-0.2, -0.15) is 0 Å². The van der Waals surface area contributed by atoms with Gasteiger partial charge >= 0.3 is 82.7 Å². The number of carbonyl (C=O) groups excluding carboxylic acids is 8. The van der Waals surface area contributed by atoms with Crippen molar-refractivity contribution in [3.63, 3.8) is 0 Å². The summed E-state index contributed by atoms with van der Waals surface area (Å²) in [7, 11) is 6.42. The largest absolute Gasteiger partial charge is 0.501 e. The van der Waals surface area contributed by atoms with E-state index >= 15 is 0 Å². The topological polar surface area (TPSA) is 330 Å². The van der Waals surface area contributed by atoms with Crippen LogP contribution < -0.4 is 0 Å². The summed E-state index contributed by atoms with van der Waals surface area (Å²) in [4.78, 5) is 93.0. The van der Waals surface area contributed by atoms with Crippen LogP contribution in [0.25, 0.3) is 0 Å². The molecular formula is C115H200O29Si4. The zero-order valence-electron chi connectivity index (χ0n) is 98.7. The van der Waals surface area contributed by atoms with E-state index < -0.39 is 51.6 Å². The Labute approximate surface area is 898 Å². The predicted octanol–water partition coefficient (Wildman–Crippen LogP) is 26.1. The molecule has 0 saturated heterocycles. The maximum absolute atomic E-state index is 11.9. The molecule has 0 aliphatic heterocycles. The van der Waals surface area contributed by atoms with Crippen LogP contribution in [0.4, 0.5) is 0 Å². The molecule has 33 heteroatoms. The maximum atomic E-state index is 11.9. The lowest BCUT2D eigenvalue weighted by Crippen LogP contribution is -2.46. The standard InChI is InChI=1S/C15H32O5Si.C14H22O2.3C13H18O2.C12H26O5Si.C12H26O4Si.C12H16O2.C11H24O5Si/c1-7-15(5,6)14(16)17-12-11-13-21(18-8-2,19-9-3)20-10-4;1-6-11(2)12-7-9-13(10-8-12)14(3,15-4)16-5;3*1-4-13(2,3)12(14)15-10-11-8-6-5-7-9-11;1-7-12(2,3)11(13)17-9-8-10-18(14-4,15-5)16-6;1-7-12(2,3)11(13)16-9-8-10-17(6,14-4)15-5;1-3-10(2)12(13)14-9-11-7-5-4-6-8-11;1-6-10(2)11(12)16-8-7-9-17(13-3,14-4)15-5/h7-13H2,1-6H3;7-11H,6H2,1-5H3;3*5-9H,4,10H2,1-3H3;7-10H2,1-6H3;7-10H2,1-6H3;4-8,10H,3,9H2,1-2H3;10H,6-9H2,1-5H3. The van der Waals surface area contributed by atoms with Crippen LogP contribution in [0.3, 0.4) is 0 Å². The minimum Gasteiger partial charge on any atom is -0.465 e. The number of benzene rings is 5. The van der Waals surface area contributed by atoms with Crippen LogP contribution in [-0.4, -0.2) is 200 Å². The van der Waals surface area contributed by atoms with Gasteiger partial charge in [0, 0.05) is 115 Å². The van der Waals surface area contributed by atoms with Crippen molar-refractivity contribution >= 4 is 82.7 Å². The summed E-state index contributed by atoms with van der Waals surface area (Å²) in [5, 5.41) is 0. The molecule has 0 radical (unpaired) electrons. The molecule has 0 N–H and O–H groups in total. The Balaban J connectivity index is -0.000000790. The molecule has 148 heavy (non-hydrogen) atoms. The molecule has 0 aromatic heterocycles. The van der Waals surface area contributed by atoms with Gasteiger partial charge in [-0.3, -0.25) is 38.4 Å². The Morgan fingerprint density at radius 2 is 0.500 bits per heavy atom. The molecule has 3 unspecified atom stereocenters. The zero-order valence-corrected chi connectivity index (χ0v) is 103. The van der Waals surface area contributed by atoms with Crippen LogP contribution in [0.15, 0.2) is 146 Å². The Bertz CT molecular complexity index is 4040. The van der Waals surface area contributed by atoms with Gasteiger partial charge in [-0.05, 0) is 241 Å². The first kappa shape index (κ1) is 146. The van der Waals surface area contributed by atoms with Gasteiger partial charge in [-0.15, -0.1) is 0 Å². The van der Waals surface area contributed by atoms with Crippen LogP contribution in [0.5, 0.6) is 0 Å². The predicted molar refractivity (Wildman–Crippen MR) is 596 cm³/mol. The molecule has 0 amide bonds. The summed E-state index contributed by atoms with van der Waals surface area (Å²) in [5.74, 6) is -1.17. The molecule has 0 bridgehead atoms. The van der Waals surface area contributed by atoms with E-state index in [1.807, 2.05) is 308 Å². The monoisotopic (exact) mass is 2160 g/mol. The van der Waals surface area contributed by atoms with Gasteiger partial charge in [-0.25, -0.2) is 0 Å². The molecule has 5 rings (SSSR count). The van der Waals surface area contributed by atoms with Crippen molar-refractivity contribution < 1.29 is 134 Å². The highest BCUT2D eigenvalue weighted by Gasteiger charge is 2.42. The summed E-state index contributed by atoms with van der Waals surface area (Å²) in [6.07, 6.45) is 10.3. The first-order valence-corrected chi connectivity index (χ1v) is 61.0. The number of methoxy groups -OCH3 is 2. The van der Waals surface area contributed by atoms with Crippen molar-refractivity contribution in [2.24, 2.45) is 44.3 Å². The molecule has 0 spiro atoms. The van der Waals surface area contributed by atoms with Crippen LogP contribution in [0.1, 0.15) is 317 Å². The van der Waals surface area contributed by atoms with Crippen molar-refractivity contribution in [2.45, 2.75) is 346 Å². The third kappa shape index (κ3) is 61.2. The average Bonchev–Trinajstić information content (AvgIpc) is 0.824. The summed E-state index contributed by atoms with van der Waals surface area (Å²) in [5.41, 5.74) is 4.15. The fourth-order valence-electron chi connectivity index (χ4n) is 11.6. The molecule has 0 aliphatic carbocycles. The van der Waals surface area contributed by atoms with E-state index in [1.54, 1.807) is 71.1 Å². The fourth-order valence-corrected chi connectivity index (χ4v) is 18.9. The number of hydrogen-bond acceptors (Lipinski definition) is 29. The minimum atomic E-state index is -2.61. The second-order valence-electron chi connectivity index (χ2n) is 39.7. The number of esters is 8. The summed E-state index contributed by atoms with van der Waals surface area (Å²) >= 11 is 0. The van der Waals surface area contributed by atoms with Crippen molar-refractivity contribution in [2.75, 3.05) is 117 Å². The third-order valence-corrected chi connectivity index (χ3v) is 38.1. The Kier molecular flexibility index (Phi) is 79.3. The molecule has 0 aliphatic rings. The van der Waals surface area contributed by atoms with Crippen molar-refractivity contribution in [3.8, 4) is 0 Å². The lowest BCUT2D eigenvalue weighted by molar-refractivity contribution is -0.201. The average molecular weight is 2160 g/mol.